The van der Waals surface area contributed by atoms with E-state index >= 15 is 0 Å². The largest absolute Gasteiger partial charge is 0.345 e. The Kier molecular flexibility index (Phi) is 7.42. The van der Waals surface area contributed by atoms with Crippen molar-refractivity contribution in [2.45, 2.75) is 31.1 Å². The lowest BCUT2D eigenvalue weighted by Crippen LogP contribution is -2.48. The summed E-state index contributed by atoms with van der Waals surface area (Å²) in [7, 11) is -3.60. The minimum absolute atomic E-state index is 0.168. The van der Waals surface area contributed by atoms with Crippen LogP contribution in [0.5, 0.6) is 0 Å². The van der Waals surface area contributed by atoms with Gasteiger partial charge in [0.25, 0.3) is 0 Å². The van der Waals surface area contributed by atoms with E-state index in [2.05, 4.69) is 41.5 Å². The number of hydrogen-bond acceptors (Lipinski definition) is 5. The Hall–Kier alpha value is -1.64. The molecule has 0 aliphatic carbocycles. The summed E-state index contributed by atoms with van der Waals surface area (Å²) >= 11 is 13.5. The summed E-state index contributed by atoms with van der Waals surface area (Å²) in [5, 5.41) is 3.61. The van der Waals surface area contributed by atoms with Crippen LogP contribution in [-0.2, 0) is 22.9 Å². The first-order valence-electron chi connectivity index (χ1n) is 10.6. The van der Waals surface area contributed by atoms with Gasteiger partial charge in [0.15, 0.2) is 5.13 Å². The number of piperazine rings is 1. The van der Waals surface area contributed by atoms with Crippen molar-refractivity contribution in [1.29, 1.82) is 0 Å². The second-order valence-electron chi connectivity index (χ2n) is 7.83. The molecule has 0 radical (unpaired) electrons. The number of benzene rings is 2. The third kappa shape index (κ3) is 5.29. The van der Waals surface area contributed by atoms with Gasteiger partial charge in [0.2, 0.25) is 10.0 Å². The van der Waals surface area contributed by atoms with Gasteiger partial charge < -0.3 is 4.90 Å². The fraction of sp³-hybridized carbons (Fsp3) is 0.348. The molecular formula is C23H25Cl2N3O2S2. The van der Waals surface area contributed by atoms with Crippen LogP contribution in [-0.4, -0.2) is 43.9 Å². The first-order chi connectivity index (χ1) is 15.4. The zero-order valence-corrected chi connectivity index (χ0v) is 20.9. The standard InChI is InChI=1S/C23H25Cl2N3O2S2/c1-2-3-17-4-6-18(7-5-17)14-19-16-31-23(26-19)27-10-12-28(13-11-27)32(29,30)20-8-9-21(24)22(25)15-20/h4-9,15-16H,2-3,10-14H2,1H3. The Morgan fingerprint density at radius 1 is 0.969 bits per heavy atom. The SMILES string of the molecule is CCCc1ccc(Cc2csc(N3CCN(S(=O)(=O)c4ccc(Cl)c(Cl)c4)CC3)n2)cc1. The zero-order chi connectivity index (χ0) is 22.7. The molecule has 1 aromatic heterocycles. The summed E-state index contributed by atoms with van der Waals surface area (Å²) in [6, 6.07) is 13.2. The summed E-state index contributed by atoms with van der Waals surface area (Å²) in [5.74, 6) is 0. The number of anilines is 1. The summed E-state index contributed by atoms with van der Waals surface area (Å²) in [4.78, 5) is 7.12. The van der Waals surface area contributed by atoms with Gasteiger partial charge in [0.05, 0.1) is 20.6 Å². The Morgan fingerprint density at radius 2 is 1.66 bits per heavy atom. The lowest BCUT2D eigenvalue weighted by Gasteiger charge is -2.33. The Labute approximate surface area is 203 Å². The second-order valence-corrected chi connectivity index (χ2v) is 11.4. The molecule has 32 heavy (non-hydrogen) atoms. The summed E-state index contributed by atoms with van der Waals surface area (Å²) in [5.41, 5.74) is 3.65. The number of rotatable bonds is 7. The molecule has 1 saturated heterocycles. The summed E-state index contributed by atoms with van der Waals surface area (Å²) in [6.07, 6.45) is 3.05. The molecule has 5 nitrogen and oxygen atoms in total. The normalized spacial score (nSPS) is 15.3. The van der Waals surface area contributed by atoms with Crippen LogP contribution in [0, 0.1) is 0 Å². The number of nitrogens with zero attached hydrogens (tertiary/aromatic N) is 3. The van der Waals surface area contributed by atoms with E-state index in [1.807, 2.05) is 0 Å². The minimum atomic E-state index is -3.60. The minimum Gasteiger partial charge on any atom is -0.345 e. The van der Waals surface area contributed by atoms with E-state index in [1.165, 1.54) is 33.6 Å². The van der Waals surface area contributed by atoms with Crippen LogP contribution in [0.2, 0.25) is 10.0 Å². The van der Waals surface area contributed by atoms with Gasteiger partial charge in [-0.25, -0.2) is 13.4 Å². The lowest BCUT2D eigenvalue weighted by atomic mass is 10.1. The number of sulfonamides is 1. The summed E-state index contributed by atoms with van der Waals surface area (Å²) in [6.45, 7) is 4.18. The van der Waals surface area contributed by atoms with Crippen molar-refractivity contribution in [3.8, 4) is 0 Å². The van der Waals surface area contributed by atoms with Gasteiger partial charge in [0.1, 0.15) is 0 Å². The molecule has 0 unspecified atom stereocenters. The van der Waals surface area contributed by atoms with Gasteiger partial charge in [-0.15, -0.1) is 11.3 Å². The van der Waals surface area contributed by atoms with E-state index in [-0.39, 0.29) is 9.92 Å². The maximum atomic E-state index is 13.0. The highest BCUT2D eigenvalue weighted by Gasteiger charge is 2.29. The highest BCUT2D eigenvalue weighted by Crippen LogP contribution is 2.28. The van der Waals surface area contributed by atoms with E-state index in [4.69, 9.17) is 28.2 Å². The van der Waals surface area contributed by atoms with Crippen molar-refractivity contribution in [3.05, 3.63) is 74.7 Å². The van der Waals surface area contributed by atoms with Crippen molar-refractivity contribution in [2.24, 2.45) is 0 Å². The fourth-order valence-electron chi connectivity index (χ4n) is 3.75. The number of hydrogen-bond donors (Lipinski definition) is 0. The van der Waals surface area contributed by atoms with Crippen molar-refractivity contribution >= 4 is 49.7 Å². The number of halogens is 2. The average Bonchev–Trinajstić information content (AvgIpc) is 3.26. The van der Waals surface area contributed by atoms with Gasteiger partial charge in [-0.05, 0) is 35.7 Å². The van der Waals surface area contributed by atoms with Crippen LogP contribution < -0.4 is 4.90 Å². The molecule has 0 amide bonds. The van der Waals surface area contributed by atoms with Crippen LogP contribution in [0.1, 0.15) is 30.2 Å². The van der Waals surface area contributed by atoms with E-state index in [0.29, 0.717) is 31.2 Å². The quantitative estimate of drug-likeness (QED) is 0.421. The van der Waals surface area contributed by atoms with Crippen molar-refractivity contribution < 1.29 is 8.42 Å². The molecule has 9 heteroatoms. The second kappa shape index (κ2) is 10.1. The topological polar surface area (TPSA) is 53.5 Å². The molecule has 170 valence electrons. The molecular weight excluding hydrogens is 485 g/mol. The first-order valence-corrected chi connectivity index (χ1v) is 13.7. The van der Waals surface area contributed by atoms with Gasteiger partial charge in [-0.3, -0.25) is 0 Å². The van der Waals surface area contributed by atoms with Gasteiger partial charge in [-0.2, -0.15) is 4.31 Å². The predicted molar refractivity (Wildman–Crippen MR) is 133 cm³/mol. The summed E-state index contributed by atoms with van der Waals surface area (Å²) < 4.78 is 27.4. The van der Waals surface area contributed by atoms with Crippen LogP contribution in [0.25, 0.3) is 0 Å². The molecule has 2 heterocycles. The fourth-order valence-corrected chi connectivity index (χ4v) is 6.44. The molecule has 0 N–H and O–H groups in total. The van der Waals surface area contributed by atoms with Gasteiger partial charge in [0, 0.05) is 38.0 Å². The maximum Gasteiger partial charge on any atom is 0.243 e. The molecule has 0 bridgehead atoms. The van der Waals surface area contributed by atoms with Crippen LogP contribution in [0.15, 0.2) is 52.7 Å². The molecule has 1 fully saturated rings. The zero-order valence-electron chi connectivity index (χ0n) is 17.8. The van der Waals surface area contributed by atoms with E-state index in [9.17, 15) is 8.42 Å². The van der Waals surface area contributed by atoms with Crippen molar-refractivity contribution in [1.82, 2.24) is 9.29 Å². The van der Waals surface area contributed by atoms with Gasteiger partial charge in [-0.1, -0.05) is 60.8 Å². The molecule has 3 aromatic rings. The average molecular weight is 511 g/mol. The van der Waals surface area contributed by atoms with Crippen LogP contribution >= 0.6 is 34.5 Å². The number of aromatic nitrogens is 1. The predicted octanol–water partition coefficient (Wildman–Crippen LogP) is 5.50. The van der Waals surface area contributed by atoms with Crippen molar-refractivity contribution in [2.75, 3.05) is 31.1 Å². The number of aryl methyl sites for hydroxylation is 1. The highest BCUT2D eigenvalue weighted by molar-refractivity contribution is 7.89. The smallest absolute Gasteiger partial charge is 0.243 e. The Morgan fingerprint density at radius 3 is 2.31 bits per heavy atom. The third-order valence-corrected chi connectivity index (χ3v) is 9.11. The van der Waals surface area contributed by atoms with Crippen LogP contribution in [0.4, 0.5) is 5.13 Å². The van der Waals surface area contributed by atoms with E-state index in [1.54, 1.807) is 11.3 Å². The molecule has 0 spiro atoms. The van der Waals surface area contributed by atoms with Crippen molar-refractivity contribution in [3.63, 3.8) is 0 Å². The lowest BCUT2D eigenvalue weighted by molar-refractivity contribution is 0.384. The molecule has 2 aromatic carbocycles. The highest BCUT2D eigenvalue weighted by atomic mass is 35.5. The Bertz CT molecular complexity index is 1170. The molecule has 1 aliphatic heterocycles. The third-order valence-electron chi connectivity index (χ3n) is 5.52. The first kappa shape index (κ1) is 23.5. The van der Waals surface area contributed by atoms with Crippen LogP contribution in [0.3, 0.4) is 0 Å². The van der Waals surface area contributed by atoms with Gasteiger partial charge >= 0.3 is 0 Å². The maximum absolute atomic E-state index is 13.0. The van der Waals surface area contributed by atoms with E-state index in [0.717, 1.165) is 30.1 Å². The monoisotopic (exact) mass is 509 g/mol. The number of thiazole rings is 1. The Balaban J connectivity index is 1.37. The molecule has 0 saturated carbocycles. The molecule has 1 aliphatic rings. The van der Waals surface area contributed by atoms with E-state index < -0.39 is 10.0 Å². The molecule has 0 atom stereocenters. The molecule has 4 rings (SSSR count).